The Bertz CT molecular complexity index is 557. The van der Waals surface area contributed by atoms with Crippen LogP contribution in [0.5, 0.6) is 0 Å². The third-order valence-corrected chi connectivity index (χ3v) is 3.11. The number of nitrogens with zero attached hydrogens (tertiary/aromatic N) is 7. The van der Waals surface area contributed by atoms with E-state index in [4.69, 9.17) is 11.6 Å². The third-order valence-electron chi connectivity index (χ3n) is 2.94. The molecule has 1 atom stereocenters. The molecule has 19 heavy (non-hydrogen) atoms. The van der Waals surface area contributed by atoms with E-state index in [1.54, 1.807) is 0 Å². The zero-order valence-electron chi connectivity index (χ0n) is 10.4. The van der Waals surface area contributed by atoms with Crippen LogP contribution in [0.3, 0.4) is 0 Å². The molecule has 0 amide bonds. The normalized spacial score (nSPS) is 19.8. The Morgan fingerprint density at radius 3 is 2.95 bits per heavy atom. The summed E-state index contributed by atoms with van der Waals surface area (Å²) in [5, 5.41) is 7.37. The van der Waals surface area contributed by atoms with E-state index in [1.165, 1.54) is 17.3 Å². The van der Waals surface area contributed by atoms with E-state index in [0.717, 1.165) is 19.5 Å². The summed E-state index contributed by atoms with van der Waals surface area (Å²) in [6.07, 6.45) is 3.98. The summed E-state index contributed by atoms with van der Waals surface area (Å²) < 4.78 is 1.44. The first-order chi connectivity index (χ1) is 9.20. The van der Waals surface area contributed by atoms with Gasteiger partial charge in [0.15, 0.2) is 0 Å². The monoisotopic (exact) mass is 280 g/mol. The largest absolute Gasteiger partial charge is 0.350 e. The van der Waals surface area contributed by atoms with Crippen molar-refractivity contribution in [2.24, 2.45) is 0 Å². The molecule has 2 aromatic rings. The maximum Gasteiger partial charge on any atom is 0.258 e. The number of hydrogen-bond acceptors (Lipinski definition) is 7. The van der Waals surface area contributed by atoms with E-state index in [9.17, 15) is 0 Å². The van der Waals surface area contributed by atoms with Crippen molar-refractivity contribution >= 4 is 17.5 Å². The smallest absolute Gasteiger partial charge is 0.258 e. The number of anilines is 1. The Morgan fingerprint density at radius 1 is 1.37 bits per heavy atom. The van der Waals surface area contributed by atoms with Gasteiger partial charge in [0.1, 0.15) is 12.7 Å². The molecule has 0 aromatic carbocycles. The van der Waals surface area contributed by atoms with E-state index in [-0.39, 0.29) is 5.28 Å². The molecular formula is C10H13ClN8. The van der Waals surface area contributed by atoms with Gasteiger partial charge >= 0.3 is 0 Å². The molecule has 1 unspecified atom stereocenters. The van der Waals surface area contributed by atoms with Crippen LogP contribution in [0.4, 0.5) is 5.95 Å². The number of halogens is 1. The number of rotatable bonds is 3. The van der Waals surface area contributed by atoms with Gasteiger partial charge in [-0.3, -0.25) is 0 Å². The highest BCUT2D eigenvalue weighted by atomic mass is 35.5. The molecule has 0 spiro atoms. The molecule has 3 rings (SSSR count). The number of aromatic nitrogens is 6. The predicted molar refractivity (Wildman–Crippen MR) is 69.3 cm³/mol. The standard InChI is InChI=1S/C10H13ClN8/c1-18-3-2-7(4-18)14-9-15-8(11)16-10(17-9)19-6-12-5-13-19/h5-7H,2-4H2,1H3,(H,14,15,16,17). The summed E-state index contributed by atoms with van der Waals surface area (Å²) in [6, 6.07) is 0.326. The summed E-state index contributed by atoms with van der Waals surface area (Å²) in [6.45, 7) is 2.02. The Hall–Kier alpha value is -1.80. The van der Waals surface area contributed by atoms with Crippen LogP contribution in [0.2, 0.25) is 5.28 Å². The predicted octanol–water partition coefficient (Wildman–Crippen LogP) is 0.222. The van der Waals surface area contributed by atoms with E-state index in [2.05, 4.69) is 42.3 Å². The van der Waals surface area contributed by atoms with Gasteiger partial charge in [-0.25, -0.2) is 4.98 Å². The molecule has 3 heterocycles. The van der Waals surface area contributed by atoms with Crippen LogP contribution in [0.1, 0.15) is 6.42 Å². The van der Waals surface area contributed by atoms with Crippen molar-refractivity contribution in [1.82, 2.24) is 34.6 Å². The fraction of sp³-hybridized carbons (Fsp3) is 0.500. The summed E-state index contributed by atoms with van der Waals surface area (Å²) in [5.74, 6) is 0.817. The van der Waals surface area contributed by atoms with Crippen LogP contribution in [0.25, 0.3) is 5.95 Å². The minimum absolute atomic E-state index is 0.134. The van der Waals surface area contributed by atoms with Crippen LogP contribution in [-0.2, 0) is 0 Å². The van der Waals surface area contributed by atoms with Gasteiger partial charge in [0.25, 0.3) is 5.95 Å². The van der Waals surface area contributed by atoms with Crippen LogP contribution in [0, 0.1) is 0 Å². The van der Waals surface area contributed by atoms with Crippen molar-refractivity contribution in [3.05, 3.63) is 17.9 Å². The van der Waals surface area contributed by atoms with E-state index in [1.807, 2.05) is 0 Å². The maximum absolute atomic E-state index is 5.91. The molecule has 8 nitrogen and oxygen atoms in total. The Morgan fingerprint density at radius 2 is 2.26 bits per heavy atom. The summed E-state index contributed by atoms with van der Waals surface area (Å²) >= 11 is 5.91. The van der Waals surface area contributed by atoms with Gasteiger partial charge in [0.05, 0.1) is 0 Å². The first-order valence-electron chi connectivity index (χ1n) is 5.92. The van der Waals surface area contributed by atoms with E-state index >= 15 is 0 Å². The first kappa shape index (κ1) is 12.2. The molecule has 100 valence electrons. The maximum atomic E-state index is 5.91. The first-order valence-corrected chi connectivity index (χ1v) is 6.30. The molecule has 9 heteroatoms. The van der Waals surface area contributed by atoms with Crippen molar-refractivity contribution in [3.63, 3.8) is 0 Å². The topological polar surface area (TPSA) is 84.6 Å². The molecule has 0 saturated carbocycles. The number of nitrogens with one attached hydrogen (secondary N) is 1. The number of hydrogen-bond donors (Lipinski definition) is 1. The van der Waals surface area contributed by atoms with Gasteiger partial charge < -0.3 is 10.2 Å². The Kier molecular flexibility index (Phi) is 3.26. The SMILES string of the molecule is CN1CCC(Nc2nc(Cl)nc(-n3cncn3)n2)C1. The molecular weight excluding hydrogens is 268 g/mol. The highest BCUT2D eigenvalue weighted by Gasteiger charge is 2.20. The van der Waals surface area contributed by atoms with Gasteiger partial charge in [-0.1, -0.05) is 0 Å². The Labute approximate surface area is 114 Å². The number of likely N-dealkylation sites (tertiary alicyclic amines) is 1. The van der Waals surface area contributed by atoms with Gasteiger partial charge in [0.2, 0.25) is 11.2 Å². The second-order valence-electron chi connectivity index (χ2n) is 4.46. The molecule has 0 aliphatic carbocycles. The van der Waals surface area contributed by atoms with Crippen LogP contribution in [0.15, 0.2) is 12.7 Å². The summed E-state index contributed by atoms with van der Waals surface area (Å²) in [4.78, 5) is 18.5. The van der Waals surface area contributed by atoms with Crippen molar-refractivity contribution < 1.29 is 0 Å². The lowest BCUT2D eigenvalue weighted by molar-refractivity contribution is 0.414. The average Bonchev–Trinajstić information content (AvgIpc) is 3.00. The van der Waals surface area contributed by atoms with E-state index in [0.29, 0.717) is 17.9 Å². The molecule has 0 bridgehead atoms. The number of likely N-dealkylation sites (N-methyl/N-ethyl adjacent to an activating group) is 1. The van der Waals surface area contributed by atoms with Crippen molar-refractivity contribution in [2.45, 2.75) is 12.5 Å². The molecule has 1 N–H and O–H groups in total. The molecule has 1 saturated heterocycles. The van der Waals surface area contributed by atoms with Gasteiger partial charge in [-0.05, 0) is 31.6 Å². The molecule has 2 aromatic heterocycles. The molecule has 0 radical (unpaired) electrons. The third kappa shape index (κ3) is 2.79. The molecule has 1 aliphatic rings. The highest BCUT2D eigenvalue weighted by molar-refractivity contribution is 6.28. The van der Waals surface area contributed by atoms with Crippen molar-refractivity contribution in [2.75, 3.05) is 25.5 Å². The second-order valence-corrected chi connectivity index (χ2v) is 4.80. The van der Waals surface area contributed by atoms with Crippen LogP contribution < -0.4 is 5.32 Å². The van der Waals surface area contributed by atoms with Crippen LogP contribution >= 0.6 is 11.6 Å². The van der Waals surface area contributed by atoms with Crippen LogP contribution in [-0.4, -0.2) is 60.8 Å². The van der Waals surface area contributed by atoms with Gasteiger partial charge in [0, 0.05) is 12.6 Å². The Balaban J connectivity index is 1.82. The molecule has 1 aliphatic heterocycles. The van der Waals surface area contributed by atoms with Crippen molar-refractivity contribution in [3.8, 4) is 5.95 Å². The lowest BCUT2D eigenvalue weighted by Gasteiger charge is -2.13. The quantitative estimate of drug-likeness (QED) is 0.861. The summed E-state index contributed by atoms with van der Waals surface area (Å²) in [7, 11) is 2.09. The average molecular weight is 281 g/mol. The lowest BCUT2D eigenvalue weighted by Crippen LogP contribution is -2.25. The van der Waals surface area contributed by atoms with Gasteiger partial charge in [-0.15, -0.1) is 0 Å². The zero-order valence-corrected chi connectivity index (χ0v) is 11.1. The highest BCUT2D eigenvalue weighted by Crippen LogP contribution is 2.14. The lowest BCUT2D eigenvalue weighted by atomic mass is 10.3. The fourth-order valence-corrected chi connectivity index (χ4v) is 2.21. The minimum atomic E-state index is 0.134. The summed E-state index contributed by atoms with van der Waals surface area (Å²) in [5.41, 5.74) is 0. The molecule has 1 fully saturated rings. The van der Waals surface area contributed by atoms with Crippen molar-refractivity contribution in [1.29, 1.82) is 0 Å². The van der Waals surface area contributed by atoms with Gasteiger partial charge in [-0.2, -0.15) is 24.7 Å². The fourth-order valence-electron chi connectivity index (χ4n) is 2.05. The minimum Gasteiger partial charge on any atom is -0.350 e. The second kappa shape index (κ2) is 5.06. The zero-order chi connectivity index (χ0) is 13.2. The van der Waals surface area contributed by atoms with E-state index < -0.39 is 0 Å².